The van der Waals surface area contributed by atoms with Crippen molar-refractivity contribution in [3.8, 4) is 5.75 Å². The van der Waals surface area contributed by atoms with Gasteiger partial charge in [-0.05, 0) is 45.3 Å². The molecule has 2 saturated heterocycles. The van der Waals surface area contributed by atoms with Gasteiger partial charge in [-0.2, -0.15) is 13.2 Å². The van der Waals surface area contributed by atoms with Gasteiger partial charge in [-0.15, -0.1) is 0 Å². The molecule has 16 heteroatoms. The number of hydrogen-bond donors (Lipinski definition) is 0. The van der Waals surface area contributed by atoms with Crippen molar-refractivity contribution in [1.29, 1.82) is 0 Å². The van der Waals surface area contributed by atoms with Crippen LogP contribution in [0, 0.1) is 0 Å². The van der Waals surface area contributed by atoms with E-state index in [9.17, 15) is 32.3 Å². The van der Waals surface area contributed by atoms with E-state index >= 15 is 0 Å². The van der Waals surface area contributed by atoms with E-state index in [-0.39, 0.29) is 5.46 Å². The Labute approximate surface area is 246 Å². The Bertz CT molecular complexity index is 1220. The summed E-state index contributed by atoms with van der Waals surface area (Å²) in [5.41, 5.74) is -2.83. The quantitative estimate of drug-likeness (QED) is 0.240. The maximum atomic E-state index is 14.3. The van der Waals surface area contributed by atoms with Gasteiger partial charge in [0.05, 0.1) is 16.8 Å². The molecule has 1 aromatic carbocycles. The molecule has 2 fully saturated rings. The van der Waals surface area contributed by atoms with Crippen LogP contribution in [-0.2, 0) is 58.3 Å². The Balaban J connectivity index is 2.06. The van der Waals surface area contributed by atoms with Crippen molar-refractivity contribution in [2.75, 3.05) is 6.61 Å². The van der Waals surface area contributed by atoms with Crippen molar-refractivity contribution in [3.63, 3.8) is 0 Å². The number of carbonyl (C=O) groups is 4. The molecule has 0 saturated carbocycles. The highest BCUT2D eigenvalue weighted by Gasteiger charge is 2.55. The van der Waals surface area contributed by atoms with Crippen molar-refractivity contribution in [2.24, 2.45) is 0 Å². The molecule has 0 aromatic heterocycles. The van der Waals surface area contributed by atoms with E-state index in [0.29, 0.717) is 0 Å². The van der Waals surface area contributed by atoms with Crippen molar-refractivity contribution >= 4 is 36.5 Å². The normalized spacial score (nSPS) is 26.3. The number of benzene rings is 1. The first-order valence-electron chi connectivity index (χ1n) is 13.3. The average Bonchev–Trinajstić information content (AvgIpc) is 3.06. The van der Waals surface area contributed by atoms with E-state index in [4.69, 9.17) is 37.7 Å². The lowest BCUT2D eigenvalue weighted by atomic mass is 9.78. The third kappa shape index (κ3) is 8.18. The van der Waals surface area contributed by atoms with E-state index in [1.165, 1.54) is 6.07 Å². The van der Waals surface area contributed by atoms with Gasteiger partial charge in [0.25, 0.3) is 0 Å². The van der Waals surface area contributed by atoms with Crippen molar-refractivity contribution in [2.45, 2.75) is 103 Å². The summed E-state index contributed by atoms with van der Waals surface area (Å²) >= 11 is 0. The molecule has 0 bridgehead atoms. The molecule has 0 unspecified atom stereocenters. The molecule has 238 valence electrons. The lowest BCUT2D eigenvalue weighted by Crippen LogP contribution is -2.63. The van der Waals surface area contributed by atoms with E-state index in [1.807, 2.05) is 0 Å². The molecule has 5 atom stereocenters. The van der Waals surface area contributed by atoms with Gasteiger partial charge in [0.1, 0.15) is 18.5 Å². The van der Waals surface area contributed by atoms with Gasteiger partial charge in [0, 0.05) is 27.7 Å². The monoisotopic (exact) mass is 618 g/mol. The van der Waals surface area contributed by atoms with Gasteiger partial charge in [-0.3, -0.25) is 19.2 Å². The lowest BCUT2D eigenvalue weighted by Gasteiger charge is -2.44. The first kappa shape index (κ1) is 34.1. The number of alkyl halides is 3. The summed E-state index contributed by atoms with van der Waals surface area (Å²) in [5.74, 6) is -4.21. The van der Waals surface area contributed by atoms with Crippen LogP contribution in [0.1, 0.15) is 61.0 Å². The fourth-order valence-corrected chi connectivity index (χ4v) is 4.41. The smallest absolute Gasteiger partial charge is 0.463 e. The van der Waals surface area contributed by atoms with Gasteiger partial charge in [-0.1, -0.05) is 6.07 Å². The highest BCUT2D eigenvalue weighted by atomic mass is 19.4. The van der Waals surface area contributed by atoms with Gasteiger partial charge in [-0.25, -0.2) is 0 Å². The second-order valence-electron chi connectivity index (χ2n) is 11.0. The molecule has 1 aromatic rings. The zero-order valence-electron chi connectivity index (χ0n) is 24.9. The maximum absolute atomic E-state index is 14.3. The maximum Gasteiger partial charge on any atom is 0.494 e. The standard InChI is InChI=1S/C27H34BF3O12/c1-13(32)36-12-20-21(37-14(2)33)22(38-15(3)34)23(39-16(4)35)24(41-20)40-19-10-9-17(11-18(19)27(29,30)31)28-42-25(5,6)26(7,8)43-28/h9-11,20-24H,12H2,1-8H3/t20-,21-,22+,23+,24+/m1/s1. The van der Waals surface area contributed by atoms with Crippen LogP contribution >= 0.6 is 0 Å². The Hall–Kier alpha value is -3.37. The van der Waals surface area contributed by atoms with Crippen molar-refractivity contribution < 1.29 is 70.1 Å². The van der Waals surface area contributed by atoms with E-state index < -0.39 is 97.0 Å². The fourth-order valence-electron chi connectivity index (χ4n) is 4.41. The molecule has 2 aliphatic rings. The van der Waals surface area contributed by atoms with E-state index in [1.54, 1.807) is 27.7 Å². The summed E-state index contributed by atoms with van der Waals surface area (Å²) in [5, 5.41) is 0. The molecule has 2 heterocycles. The zero-order chi connectivity index (χ0) is 32.5. The molecule has 0 N–H and O–H groups in total. The Morgan fingerprint density at radius 3 is 1.81 bits per heavy atom. The molecular formula is C27H34BF3O12. The first-order valence-corrected chi connectivity index (χ1v) is 13.3. The van der Waals surface area contributed by atoms with E-state index in [0.717, 1.165) is 39.8 Å². The Morgan fingerprint density at radius 2 is 1.33 bits per heavy atom. The van der Waals surface area contributed by atoms with Crippen LogP contribution in [0.3, 0.4) is 0 Å². The molecule has 12 nitrogen and oxygen atoms in total. The number of hydrogen-bond acceptors (Lipinski definition) is 12. The molecule has 43 heavy (non-hydrogen) atoms. The van der Waals surface area contributed by atoms with Gasteiger partial charge < -0.3 is 37.7 Å². The predicted molar refractivity (Wildman–Crippen MR) is 140 cm³/mol. The molecule has 0 aliphatic carbocycles. The third-order valence-corrected chi connectivity index (χ3v) is 7.03. The highest BCUT2D eigenvalue weighted by molar-refractivity contribution is 6.62. The SMILES string of the molecule is CC(=O)OC[C@H]1O[C@H](Oc2ccc(B3OC(C)(C)C(C)(C)O3)cc2C(F)(F)F)[C@@H](OC(C)=O)[C@@H](OC(C)=O)[C@@H]1OC(C)=O. The summed E-state index contributed by atoms with van der Waals surface area (Å²) < 4.78 is 87.0. The molecule has 0 radical (unpaired) electrons. The van der Waals surface area contributed by atoms with Gasteiger partial charge in [0.2, 0.25) is 12.4 Å². The predicted octanol–water partition coefficient (Wildman–Crippen LogP) is 2.47. The minimum Gasteiger partial charge on any atom is -0.463 e. The molecule has 0 spiro atoms. The topological polar surface area (TPSA) is 142 Å². The Morgan fingerprint density at radius 1 is 0.814 bits per heavy atom. The summed E-state index contributed by atoms with van der Waals surface area (Å²) in [4.78, 5) is 47.5. The lowest BCUT2D eigenvalue weighted by molar-refractivity contribution is -0.289. The van der Waals surface area contributed by atoms with E-state index in [2.05, 4.69) is 0 Å². The second kappa shape index (κ2) is 12.7. The second-order valence-corrected chi connectivity index (χ2v) is 11.0. The zero-order valence-corrected chi connectivity index (χ0v) is 24.9. The van der Waals surface area contributed by atoms with Crippen LogP contribution in [0.2, 0.25) is 0 Å². The largest absolute Gasteiger partial charge is 0.494 e. The van der Waals surface area contributed by atoms with Crippen LogP contribution in [0.15, 0.2) is 18.2 Å². The van der Waals surface area contributed by atoms with Crippen LogP contribution in [-0.4, -0.2) is 79.5 Å². The van der Waals surface area contributed by atoms with Crippen LogP contribution in [0.5, 0.6) is 5.75 Å². The van der Waals surface area contributed by atoms with Crippen LogP contribution in [0.25, 0.3) is 0 Å². The Kier molecular flexibility index (Phi) is 10.1. The number of ether oxygens (including phenoxy) is 6. The van der Waals surface area contributed by atoms with Crippen molar-refractivity contribution in [3.05, 3.63) is 23.8 Å². The van der Waals surface area contributed by atoms with Crippen LogP contribution < -0.4 is 10.2 Å². The molecule has 2 aliphatic heterocycles. The molecular weight excluding hydrogens is 584 g/mol. The number of carbonyl (C=O) groups excluding carboxylic acids is 4. The number of halogens is 3. The van der Waals surface area contributed by atoms with Crippen LogP contribution in [0.4, 0.5) is 13.2 Å². The van der Waals surface area contributed by atoms with Gasteiger partial charge in [0.15, 0.2) is 12.2 Å². The van der Waals surface area contributed by atoms with Gasteiger partial charge >= 0.3 is 37.2 Å². The number of esters is 4. The van der Waals surface area contributed by atoms with Crippen molar-refractivity contribution in [1.82, 2.24) is 0 Å². The summed E-state index contributed by atoms with van der Waals surface area (Å²) in [6.45, 7) is 10.5. The summed E-state index contributed by atoms with van der Waals surface area (Å²) in [6.07, 6.45) is -13.1. The molecule has 3 rings (SSSR count). The summed E-state index contributed by atoms with van der Waals surface area (Å²) in [6, 6.07) is 3.11. The first-order chi connectivity index (χ1) is 19.7. The summed E-state index contributed by atoms with van der Waals surface area (Å²) in [7, 11) is -1.12. The molecule has 0 amide bonds. The number of rotatable bonds is 8. The minimum absolute atomic E-state index is 0.0554. The average molecular weight is 618 g/mol. The fraction of sp³-hybridized carbons (Fsp3) is 0.630. The third-order valence-electron chi connectivity index (χ3n) is 7.03. The minimum atomic E-state index is -4.95. The highest BCUT2D eigenvalue weighted by Crippen LogP contribution is 2.40.